The molecule has 0 radical (unpaired) electrons. The minimum atomic E-state index is -2.76. The van der Waals surface area contributed by atoms with Crippen LogP contribution in [0.3, 0.4) is 0 Å². The second kappa shape index (κ2) is 5.70. The molecule has 1 aromatic rings. The fourth-order valence-electron chi connectivity index (χ4n) is 2.51. The summed E-state index contributed by atoms with van der Waals surface area (Å²) in [5.74, 6) is 0.274. The number of nitro benzene ring substituents is 1. The van der Waals surface area contributed by atoms with Crippen molar-refractivity contribution in [2.24, 2.45) is 5.92 Å². The van der Waals surface area contributed by atoms with E-state index in [9.17, 15) is 24.0 Å². The van der Waals surface area contributed by atoms with E-state index in [1.165, 1.54) is 12.1 Å². The first-order valence-corrected chi connectivity index (χ1v) is 6.34. The number of hydrogen-bond donors (Lipinski definition) is 1. The fraction of sp³-hybridized carbons (Fsp3) is 0.538. The minimum Gasteiger partial charge on any atom is -0.393 e. The van der Waals surface area contributed by atoms with E-state index in [4.69, 9.17) is 0 Å². The van der Waals surface area contributed by atoms with Gasteiger partial charge < -0.3 is 10.0 Å². The predicted octanol–water partition coefficient (Wildman–Crippen LogP) is 2.74. The third-order valence-electron chi connectivity index (χ3n) is 3.61. The van der Waals surface area contributed by atoms with Crippen LogP contribution in [0.2, 0.25) is 0 Å². The van der Waals surface area contributed by atoms with Crippen molar-refractivity contribution in [2.75, 3.05) is 18.5 Å². The highest BCUT2D eigenvalue weighted by Gasteiger charge is 2.29. The second-order valence-corrected chi connectivity index (χ2v) is 5.17. The number of aliphatic hydroxyl groups is 1. The molecule has 0 amide bonds. The highest BCUT2D eigenvalue weighted by molar-refractivity contribution is 5.58. The van der Waals surface area contributed by atoms with E-state index < -0.39 is 11.3 Å². The van der Waals surface area contributed by atoms with Crippen LogP contribution in [0.25, 0.3) is 0 Å². The molecule has 1 fully saturated rings. The van der Waals surface area contributed by atoms with E-state index in [-0.39, 0.29) is 23.3 Å². The van der Waals surface area contributed by atoms with Gasteiger partial charge in [0.05, 0.1) is 11.0 Å². The summed E-state index contributed by atoms with van der Waals surface area (Å²) in [6.45, 7) is 0.550. The number of nitrogens with zero attached hydrogens (tertiary/aromatic N) is 2. The van der Waals surface area contributed by atoms with Gasteiger partial charge in [-0.2, -0.15) is 0 Å². The van der Waals surface area contributed by atoms with Crippen LogP contribution < -0.4 is 4.90 Å². The molecule has 1 aliphatic rings. The Kier molecular flexibility index (Phi) is 4.17. The van der Waals surface area contributed by atoms with Gasteiger partial charge in [0.1, 0.15) is 0 Å². The number of halogens is 2. The van der Waals surface area contributed by atoms with Gasteiger partial charge >= 0.3 is 0 Å². The van der Waals surface area contributed by atoms with Crippen LogP contribution in [-0.4, -0.2) is 29.7 Å². The summed E-state index contributed by atoms with van der Waals surface area (Å²) in [6.07, 6.45) is -1.72. The van der Waals surface area contributed by atoms with Gasteiger partial charge in [0.15, 0.2) is 0 Å². The Balaban J connectivity index is 2.19. The average molecular weight is 286 g/mol. The smallest absolute Gasteiger partial charge is 0.270 e. The van der Waals surface area contributed by atoms with Crippen LogP contribution in [0.15, 0.2) is 18.2 Å². The Morgan fingerprint density at radius 2 is 2.15 bits per heavy atom. The first-order chi connectivity index (χ1) is 9.38. The first kappa shape index (κ1) is 14.6. The molecule has 0 aliphatic heterocycles. The van der Waals surface area contributed by atoms with E-state index in [1.807, 2.05) is 0 Å². The fourth-order valence-corrected chi connectivity index (χ4v) is 2.51. The number of rotatable bonds is 5. The molecule has 2 rings (SSSR count). The summed E-state index contributed by atoms with van der Waals surface area (Å²) in [5.41, 5.74) is -0.370. The molecule has 0 heterocycles. The maximum Gasteiger partial charge on any atom is 0.270 e. The molecule has 7 heteroatoms. The Labute approximate surface area is 115 Å². The minimum absolute atomic E-state index is 0.274. The van der Waals surface area contributed by atoms with Crippen molar-refractivity contribution >= 4 is 11.4 Å². The van der Waals surface area contributed by atoms with E-state index in [0.29, 0.717) is 25.1 Å². The van der Waals surface area contributed by atoms with Crippen LogP contribution in [0.4, 0.5) is 20.2 Å². The lowest BCUT2D eigenvalue weighted by atomic mass is 9.82. The van der Waals surface area contributed by atoms with Crippen molar-refractivity contribution in [3.05, 3.63) is 33.9 Å². The van der Waals surface area contributed by atoms with Crippen molar-refractivity contribution in [2.45, 2.75) is 25.4 Å². The summed E-state index contributed by atoms with van der Waals surface area (Å²) in [4.78, 5) is 11.6. The molecule has 1 aliphatic carbocycles. The van der Waals surface area contributed by atoms with E-state index >= 15 is 0 Å². The number of benzene rings is 1. The lowest BCUT2D eigenvalue weighted by molar-refractivity contribution is -0.385. The highest BCUT2D eigenvalue weighted by atomic mass is 19.3. The molecule has 0 aromatic heterocycles. The molecule has 20 heavy (non-hydrogen) atoms. The van der Waals surface area contributed by atoms with Gasteiger partial charge in [0, 0.05) is 37.0 Å². The zero-order valence-corrected chi connectivity index (χ0v) is 11.0. The van der Waals surface area contributed by atoms with Gasteiger partial charge in [0.2, 0.25) is 0 Å². The molecule has 1 saturated carbocycles. The molecule has 0 bridgehead atoms. The van der Waals surface area contributed by atoms with Crippen LogP contribution >= 0.6 is 0 Å². The number of non-ortho nitro benzene ring substituents is 1. The standard InChI is InChI=1S/C13H16F2N2O3/c1-16(7-8-4-10(18)5-8)12-3-2-9(17(19)20)6-11(12)13(14)15/h2-3,6,8,10,13,18H,4-5,7H2,1H3. The van der Waals surface area contributed by atoms with Gasteiger partial charge in [0.25, 0.3) is 12.1 Å². The molecule has 5 nitrogen and oxygen atoms in total. The summed E-state index contributed by atoms with van der Waals surface area (Å²) >= 11 is 0. The van der Waals surface area contributed by atoms with Gasteiger partial charge in [-0.15, -0.1) is 0 Å². The predicted molar refractivity (Wildman–Crippen MR) is 70.1 cm³/mol. The highest BCUT2D eigenvalue weighted by Crippen LogP contribution is 2.35. The topological polar surface area (TPSA) is 66.6 Å². The molecule has 0 atom stereocenters. The summed E-state index contributed by atoms with van der Waals surface area (Å²) in [7, 11) is 1.68. The zero-order valence-electron chi connectivity index (χ0n) is 11.0. The third kappa shape index (κ3) is 3.04. The zero-order chi connectivity index (χ0) is 14.9. The van der Waals surface area contributed by atoms with E-state index in [0.717, 1.165) is 6.07 Å². The molecule has 0 saturated heterocycles. The Morgan fingerprint density at radius 1 is 1.50 bits per heavy atom. The van der Waals surface area contributed by atoms with Gasteiger partial charge in [-0.3, -0.25) is 10.1 Å². The summed E-state index contributed by atoms with van der Waals surface area (Å²) in [6, 6.07) is 3.51. The van der Waals surface area contributed by atoms with Crippen molar-refractivity contribution in [1.82, 2.24) is 0 Å². The molecule has 110 valence electrons. The molecule has 0 unspecified atom stereocenters. The average Bonchev–Trinajstić information content (AvgIpc) is 2.35. The van der Waals surface area contributed by atoms with Gasteiger partial charge in [-0.25, -0.2) is 8.78 Å². The van der Waals surface area contributed by atoms with Crippen LogP contribution in [0.1, 0.15) is 24.8 Å². The monoisotopic (exact) mass is 286 g/mol. The lowest BCUT2D eigenvalue weighted by Crippen LogP contribution is -2.37. The maximum atomic E-state index is 13.0. The van der Waals surface area contributed by atoms with Crippen molar-refractivity contribution in [3.63, 3.8) is 0 Å². The molecular formula is C13H16F2N2O3. The molecule has 0 spiro atoms. The van der Waals surface area contributed by atoms with Crippen molar-refractivity contribution in [3.8, 4) is 0 Å². The Morgan fingerprint density at radius 3 is 2.65 bits per heavy atom. The van der Waals surface area contributed by atoms with Gasteiger partial charge in [-0.05, 0) is 24.8 Å². The number of hydrogen-bond acceptors (Lipinski definition) is 4. The number of anilines is 1. The van der Waals surface area contributed by atoms with Crippen LogP contribution in [0, 0.1) is 16.0 Å². The number of alkyl halides is 2. The summed E-state index contributed by atoms with van der Waals surface area (Å²) < 4.78 is 26.1. The van der Waals surface area contributed by atoms with Crippen LogP contribution in [0.5, 0.6) is 0 Å². The second-order valence-electron chi connectivity index (χ2n) is 5.17. The number of aliphatic hydroxyl groups excluding tert-OH is 1. The largest absolute Gasteiger partial charge is 0.393 e. The maximum absolute atomic E-state index is 13.0. The van der Waals surface area contributed by atoms with Gasteiger partial charge in [-0.1, -0.05) is 0 Å². The Hall–Kier alpha value is -1.76. The Bertz CT molecular complexity index is 504. The van der Waals surface area contributed by atoms with Crippen LogP contribution in [-0.2, 0) is 0 Å². The van der Waals surface area contributed by atoms with E-state index in [1.54, 1.807) is 11.9 Å². The SMILES string of the molecule is CN(CC1CC(O)C1)c1ccc([N+](=O)[O-])cc1C(F)F. The van der Waals surface area contributed by atoms with E-state index in [2.05, 4.69) is 0 Å². The van der Waals surface area contributed by atoms with Crippen molar-refractivity contribution in [1.29, 1.82) is 0 Å². The first-order valence-electron chi connectivity index (χ1n) is 6.34. The lowest BCUT2D eigenvalue weighted by Gasteiger charge is -2.35. The normalized spacial score (nSPS) is 21.6. The molecule has 1 N–H and O–H groups in total. The summed E-state index contributed by atoms with van der Waals surface area (Å²) in [5, 5.41) is 19.9. The quantitative estimate of drug-likeness (QED) is 0.667. The number of nitro groups is 1. The molecular weight excluding hydrogens is 270 g/mol. The third-order valence-corrected chi connectivity index (χ3v) is 3.61. The van der Waals surface area contributed by atoms with Crippen molar-refractivity contribution < 1.29 is 18.8 Å². The molecule has 1 aromatic carbocycles.